The van der Waals surface area contributed by atoms with Gasteiger partial charge < -0.3 is 19.9 Å². The SMILES string of the molecule is CCCCCCCCCCC[C@@H](C[C@@H]1OC(=O)[C@H]1CCCCCC)OC(=O)COCC(N)=O. The van der Waals surface area contributed by atoms with Crippen LogP contribution in [0.5, 0.6) is 0 Å². The van der Waals surface area contributed by atoms with Crippen LogP contribution in [0.4, 0.5) is 0 Å². The Morgan fingerprint density at radius 3 is 2.03 bits per heavy atom. The molecule has 0 aliphatic carbocycles. The van der Waals surface area contributed by atoms with Crippen molar-refractivity contribution in [3.8, 4) is 0 Å². The zero-order chi connectivity index (χ0) is 24.3. The third-order valence-corrected chi connectivity index (χ3v) is 6.27. The molecule has 1 rings (SSSR count). The summed E-state index contributed by atoms with van der Waals surface area (Å²) >= 11 is 0. The van der Waals surface area contributed by atoms with Crippen LogP contribution >= 0.6 is 0 Å². The lowest BCUT2D eigenvalue weighted by atomic mass is 9.86. The molecule has 2 N–H and O–H groups in total. The van der Waals surface area contributed by atoms with E-state index >= 15 is 0 Å². The normalized spacial score (nSPS) is 18.4. The highest BCUT2D eigenvalue weighted by atomic mass is 16.6. The van der Waals surface area contributed by atoms with E-state index in [4.69, 9.17) is 19.9 Å². The molecule has 1 heterocycles. The van der Waals surface area contributed by atoms with E-state index in [1.54, 1.807) is 0 Å². The van der Waals surface area contributed by atoms with E-state index in [9.17, 15) is 14.4 Å². The van der Waals surface area contributed by atoms with Crippen LogP contribution in [0.3, 0.4) is 0 Å². The van der Waals surface area contributed by atoms with E-state index in [0.717, 1.165) is 44.9 Å². The van der Waals surface area contributed by atoms with Gasteiger partial charge in [0.25, 0.3) is 0 Å². The molecule has 1 aliphatic heterocycles. The van der Waals surface area contributed by atoms with Gasteiger partial charge in [-0.25, -0.2) is 4.79 Å². The summed E-state index contributed by atoms with van der Waals surface area (Å²) < 4.78 is 16.0. The number of ether oxygens (including phenoxy) is 3. The number of hydrogen-bond donors (Lipinski definition) is 1. The second-order valence-corrected chi connectivity index (χ2v) is 9.35. The molecule has 0 aromatic carbocycles. The van der Waals surface area contributed by atoms with E-state index in [0.29, 0.717) is 6.42 Å². The number of carbonyl (C=O) groups excluding carboxylic acids is 3. The number of esters is 2. The van der Waals surface area contributed by atoms with Crippen LogP contribution in [0.15, 0.2) is 0 Å². The predicted octanol–water partition coefficient (Wildman–Crippen LogP) is 5.22. The third-order valence-electron chi connectivity index (χ3n) is 6.27. The lowest BCUT2D eigenvalue weighted by Gasteiger charge is -2.37. The maximum absolute atomic E-state index is 12.2. The lowest BCUT2D eigenvalue weighted by molar-refractivity contribution is -0.190. The fraction of sp³-hybridized carbons (Fsp3) is 0.885. The summed E-state index contributed by atoms with van der Waals surface area (Å²) in [4.78, 5) is 34.9. The average Bonchev–Trinajstić information content (AvgIpc) is 2.77. The summed E-state index contributed by atoms with van der Waals surface area (Å²) in [5.74, 6) is -1.35. The van der Waals surface area contributed by atoms with Crippen molar-refractivity contribution in [3.05, 3.63) is 0 Å². The van der Waals surface area contributed by atoms with Gasteiger partial charge in [0.15, 0.2) is 0 Å². The van der Waals surface area contributed by atoms with Gasteiger partial charge in [0, 0.05) is 6.42 Å². The van der Waals surface area contributed by atoms with Crippen LogP contribution in [-0.2, 0) is 28.6 Å². The van der Waals surface area contributed by atoms with Gasteiger partial charge >= 0.3 is 11.9 Å². The van der Waals surface area contributed by atoms with Crippen molar-refractivity contribution in [2.24, 2.45) is 11.7 Å². The zero-order valence-electron chi connectivity index (χ0n) is 21.0. The maximum atomic E-state index is 12.2. The zero-order valence-corrected chi connectivity index (χ0v) is 21.0. The largest absolute Gasteiger partial charge is 0.461 e. The van der Waals surface area contributed by atoms with E-state index < -0.39 is 11.9 Å². The first-order valence-electron chi connectivity index (χ1n) is 13.2. The second-order valence-electron chi connectivity index (χ2n) is 9.35. The molecule has 192 valence electrons. The highest BCUT2D eigenvalue weighted by molar-refractivity contribution is 5.78. The molecule has 1 saturated heterocycles. The van der Waals surface area contributed by atoms with Gasteiger partial charge in [0.2, 0.25) is 5.91 Å². The van der Waals surface area contributed by atoms with Crippen molar-refractivity contribution in [1.82, 2.24) is 0 Å². The molecule has 33 heavy (non-hydrogen) atoms. The van der Waals surface area contributed by atoms with Gasteiger partial charge in [-0.2, -0.15) is 0 Å². The first kappa shape index (κ1) is 29.4. The van der Waals surface area contributed by atoms with Gasteiger partial charge in [0.1, 0.15) is 25.4 Å². The van der Waals surface area contributed by atoms with E-state index in [1.807, 2.05) is 0 Å². The minimum absolute atomic E-state index is 0.0858. The third kappa shape index (κ3) is 14.3. The molecular weight excluding hydrogens is 422 g/mol. The van der Waals surface area contributed by atoms with Crippen LogP contribution in [-0.4, -0.2) is 43.3 Å². The van der Waals surface area contributed by atoms with Gasteiger partial charge in [-0.05, 0) is 19.3 Å². The second kappa shape index (κ2) is 18.8. The van der Waals surface area contributed by atoms with E-state index in [-0.39, 0.29) is 37.3 Å². The van der Waals surface area contributed by atoms with Gasteiger partial charge in [-0.1, -0.05) is 90.9 Å². The minimum atomic E-state index is -0.624. The summed E-state index contributed by atoms with van der Waals surface area (Å²) in [6, 6.07) is 0. The van der Waals surface area contributed by atoms with Crippen molar-refractivity contribution in [1.29, 1.82) is 0 Å². The van der Waals surface area contributed by atoms with Crippen LogP contribution in [0.1, 0.15) is 117 Å². The van der Waals surface area contributed by atoms with E-state index in [2.05, 4.69) is 13.8 Å². The molecule has 0 aromatic rings. The molecule has 1 amide bonds. The summed E-state index contributed by atoms with van der Waals surface area (Å²) in [5.41, 5.74) is 5.03. The molecule has 0 spiro atoms. The molecule has 0 aromatic heterocycles. The monoisotopic (exact) mass is 469 g/mol. The van der Waals surface area contributed by atoms with Crippen LogP contribution in [0.2, 0.25) is 0 Å². The van der Waals surface area contributed by atoms with Gasteiger partial charge in [0.05, 0.1) is 5.92 Å². The Morgan fingerprint density at radius 1 is 0.879 bits per heavy atom. The first-order valence-corrected chi connectivity index (χ1v) is 13.2. The Balaban J connectivity index is 2.41. The predicted molar refractivity (Wildman–Crippen MR) is 128 cm³/mol. The summed E-state index contributed by atoms with van der Waals surface area (Å²) in [5, 5.41) is 0. The van der Waals surface area contributed by atoms with Gasteiger partial charge in [-0.3, -0.25) is 9.59 Å². The molecule has 7 heteroatoms. The Labute approximate surface area is 200 Å². The Hall–Kier alpha value is -1.63. The standard InChI is InChI=1S/C26H47NO6/c1-3-5-7-9-10-11-12-13-14-16-21(32-25(29)20-31-19-24(27)28)18-23-22(26(30)33-23)17-15-8-6-4-2/h21-23H,3-20H2,1-2H3,(H2,27,28)/t21-,22-,23-/m0/s1. The van der Waals surface area contributed by atoms with Crippen LogP contribution in [0, 0.1) is 5.92 Å². The number of hydrogen-bond acceptors (Lipinski definition) is 6. The summed E-state index contributed by atoms with van der Waals surface area (Å²) in [6.45, 7) is 3.78. The summed E-state index contributed by atoms with van der Waals surface area (Å²) in [6.07, 6.45) is 17.1. The fourth-order valence-electron chi connectivity index (χ4n) is 4.33. The fourth-order valence-corrected chi connectivity index (χ4v) is 4.33. The molecular formula is C26H47NO6. The number of nitrogens with two attached hydrogens (primary N) is 1. The molecule has 7 nitrogen and oxygen atoms in total. The number of primary amides is 1. The minimum Gasteiger partial charge on any atom is -0.461 e. The average molecular weight is 470 g/mol. The molecule has 0 saturated carbocycles. The molecule has 1 aliphatic rings. The molecule has 3 atom stereocenters. The van der Waals surface area contributed by atoms with Crippen molar-refractivity contribution in [3.63, 3.8) is 0 Å². The smallest absolute Gasteiger partial charge is 0.332 e. The highest BCUT2D eigenvalue weighted by Crippen LogP contribution is 2.32. The number of amides is 1. The number of cyclic esters (lactones) is 1. The molecule has 0 radical (unpaired) electrons. The Morgan fingerprint density at radius 2 is 1.45 bits per heavy atom. The molecule has 0 unspecified atom stereocenters. The Kier molecular flexibility index (Phi) is 16.7. The van der Waals surface area contributed by atoms with Crippen LogP contribution in [0.25, 0.3) is 0 Å². The topological polar surface area (TPSA) is 105 Å². The number of rotatable bonds is 22. The maximum Gasteiger partial charge on any atom is 0.332 e. The van der Waals surface area contributed by atoms with Crippen molar-refractivity contribution < 1.29 is 28.6 Å². The quantitative estimate of drug-likeness (QED) is 0.172. The van der Waals surface area contributed by atoms with Gasteiger partial charge in [-0.15, -0.1) is 0 Å². The summed E-state index contributed by atoms with van der Waals surface area (Å²) in [7, 11) is 0. The van der Waals surface area contributed by atoms with Crippen molar-refractivity contribution in [2.45, 2.75) is 129 Å². The Bertz CT molecular complexity index is 553. The highest BCUT2D eigenvalue weighted by Gasteiger charge is 2.43. The van der Waals surface area contributed by atoms with Crippen molar-refractivity contribution in [2.75, 3.05) is 13.2 Å². The van der Waals surface area contributed by atoms with Crippen LogP contribution < -0.4 is 5.73 Å². The number of unbranched alkanes of at least 4 members (excludes halogenated alkanes) is 11. The van der Waals surface area contributed by atoms with E-state index in [1.165, 1.54) is 51.4 Å². The lowest BCUT2D eigenvalue weighted by Crippen LogP contribution is -2.47. The molecule has 0 bridgehead atoms. The first-order chi connectivity index (χ1) is 16.0. The molecule has 1 fully saturated rings. The van der Waals surface area contributed by atoms with Crippen molar-refractivity contribution >= 4 is 17.8 Å². The number of carbonyl (C=O) groups is 3.